The molecule has 7 nitrogen and oxygen atoms in total. The van der Waals surface area contributed by atoms with Crippen LogP contribution in [0.1, 0.15) is 21.0 Å². The lowest BCUT2D eigenvalue weighted by molar-refractivity contribution is -0.379. The number of carbonyl (C=O) groups is 2. The first-order valence-electron chi connectivity index (χ1n) is 4.21. The fourth-order valence-corrected chi connectivity index (χ4v) is 1.01. The van der Waals surface area contributed by atoms with Gasteiger partial charge in [0, 0.05) is 12.1 Å². The van der Waals surface area contributed by atoms with Crippen molar-refractivity contribution in [1.82, 2.24) is 4.98 Å². The summed E-state index contributed by atoms with van der Waals surface area (Å²) in [4.78, 5) is 26.1. The first kappa shape index (κ1) is 11.8. The van der Waals surface area contributed by atoms with E-state index in [1.807, 2.05) is 5.11 Å². The van der Waals surface area contributed by atoms with Crippen molar-refractivity contribution < 1.29 is 24.2 Å². The second-order valence-corrected chi connectivity index (χ2v) is 2.72. The largest absolute Gasteiger partial charge is 0.502 e. The first-order chi connectivity index (χ1) is 7.62. The maximum absolute atomic E-state index is 11.2. The number of methoxy groups -OCH3 is 2. The van der Waals surface area contributed by atoms with Crippen LogP contribution in [0.15, 0.2) is 12.1 Å². The Bertz CT molecular complexity index is 410. The quantitative estimate of drug-likeness (QED) is 0.544. The average molecular weight is 223 g/mol. The standard InChI is InChI=1S/C9H9N3O4/c1-15-8(13)6-3-5(12-10)4-7(11-6)9(14)16-2/h3-4,12H,1-2H3. The monoisotopic (exact) mass is 223 g/mol. The van der Waals surface area contributed by atoms with Crippen LogP contribution in [0.5, 0.6) is 0 Å². The van der Waals surface area contributed by atoms with Crippen LogP contribution in [-0.2, 0) is 9.47 Å². The molecule has 0 unspecified atom stereocenters. The minimum atomic E-state index is -0.720. The third-order valence-electron chi connectivity index (χ3n) is 1.74. The number of hydrogen-bond acceptors (Lipinski definition) is 5. The van der Waals surface area contributed by atoms with Gasteiger partial charge in [0.1, 0.15) is 0 Å². The molecule has 1 aromatic rings. The smallest absolute Gasteiger partial charge is 0.356 e. The Labute approximate surface area is 90.9 Å². The fraction of sp³-hybridized carbons (Fsp3) is 0.222. The molecular formula is C9H9N3O4. The van der Waals surface area contributed by atoms with E-state index in [9.17, 15) is 9.59 Å². The van der Waals surface area contributed by atoms with Crippen LogP contribution in [0.3, 0.4) is 0 Å². The van der Waals surface area contributed by atoms with E-state index in [4.69, 9.17) is 5.53 Å². The van der Waals surface area contributed by atoms with E-state index >= 15 is 0 Å². The first-order valence-corrected chi connectivity index (χ1v) is 4.21. The second-order valence-electron chi connectivity index (χ2n) is 2.72. The van der Waals surface area contributed by atoms with Gasteiger partial charge in [0.25, 0.3) is 0 Å². The van der Waals surface area contributed by atoms with Crippen LogP contribution < -0.4 is 5.11 Å². The number of rotatable bonds is 3. The molecule has 16 heavy (non-hydrogen) atoms. The molecule has 1 rings (SSSR count). The zero-order valence-electron chi connectivity index (χ0n) is 8.68. The van der Waals surface area contributed by atoms with Gasteiger partial charge in [-0.1, -0.05) is 0 Å². The zero-order chi connectivity index (χ0) is 12.1. The van der Waals surface area contributed by atoms with E-state index in [0.29, 0.717) is 0 Å². The van der Waals surface area contributed by atoms with Crippen molar-refractivity contribution in [2.24, 2.45) is 0 Å². The Kier molecular flexibility index (Phi) is 3.65. The molecule has 0 aliphatic heterocycles. The molecule has 0 saturated carbocycles. The van der Waals surface area contributed by atoms with E-state index in [1.54, 1.807) is 0 Å². The SMILES string of the molecule is COC(=O)c1cc([NH+]=[N-])cc(C(=O)OC)n1. The van der Waals surface area contributed by atoms with Crippen molar-refractivity contribution in [2.75, 3.05) is 14.2 Å². The summed E-state index contributed by atoms with van der Waals surface area (Å²) < 4.78 is 8.88. The Morgan fingerprint density at radius 2 is 1.62 bits per heavy atom. The van der Waals surface area contributed by atoms with Gasteiger partial charge in [-0.3, -0.25) is 5.11 Å². The molecule has 1 aromatic heterocycles. The average Bonchev–Trinajstić information content (AvgIpc) is 2.35. The summed E-state index contributed by atoms with van der Waals surface area (Å²) in [6, 6.07) is 2.47. The van der Waals surface area contributed by atoms with Crippen LogP contribution in [0.4, 0.5) is 5.69 Å². The van der Waals surface area contributed by atoms with Crippen molar-refractivity contribution >= 4 is 17.6 Å². The zero-order valence-corrected chi connectivity index (χ0v) is 8.68. The maximum Gasteiger partial charge on any atom is 0.356 e. The molecular weight excluding hydrogens is 214 g/mol. The van der Waals surface area contributed by atoms with Crippen molar-refractivity contribution in [3.8, 4) is 0 Å². The summed E-state index contributed by atoms with van der Waals surface area (Å²) >= 11 is 0. The van der Waals surface area contributed by atoms with Crippen LogP contribution >= 0.6 is 0 Å². The third-order valence-corrected chi connectivity index (χ3v) is 1.74. The van der Waals surface area contributed by atoms with Crippen LogP contribution in [0, 0.1) is 0 Å². The molecule has 0 radical (unpaired) electrons. The van der Waals surface area contributed by atoms with Gasteiger partial charge in [0.15, 0.2) is 17.1 Å². The lowest BCUT2D eigenvalue weighted by Crippen LogP contribution is -2.54. The number of nitrogens with one attached hydrogen (secondary N) is 1. The van der Waals surface area contributed by atoms with E-state index in [0.717, 1.165) is 0 Å². The van der Waals surface area contributed by atoms with Crippen molar-refractivity contribution in [3.63, 3.8) is 0 Å². The molecule has 1 N–H and O–H groups in total. The molecule has 0 amide bonds. The van der Waals surface area contributed by atoms with E-state index in [1.165, 1.54) is 26.4 Å². The minimum Gasteiger partial charge on any atom is -0.502 e. The molecule has 0 atom stereocenters. The van der Waals surface area contributed by atoms with Gasteiger partial charge >= 0.3 is 11.9 Å². The summed E-state index contributed by atoms with van der Waals surface area (Å²) in [5.74, 6) is -1.44. The Balaban J connectivity index is 3.26. The topological polar surface area (TPSA) is 102 Å². The van der Waals surface area contributed by atoms with Gasteiger partial charge in [-0.15, -0.1) is 0 Å². The van der Waals surface area contributed by atoms with E-state index in [2.05, 4.69) is 14.5 Å². The van der Waals surface area contributed by atoms with Gasteiger partial charge in [0.05, 0.1) is 14.2 Å². The number of pyridine rings is 1. The maximum atomic E-state index is 11.2. The number of nitrogens with zero attached hydrogens (tertiary/aromatic N) is 2. The highest BCUT2D eigenvalue weighted by molar-refractivity contribution is 5.92. The highest BCUT2D eigenvalue weighted by Gasteiger charge is 2.16. The highest BCUT2D eigenvalue weighted by Crippen LogP contribution is 2.08. The predicted molar refractivity (Wildman–Crippen MR) is 50.9 cm³/mol. The van der Waals surface area contributed by atoms with Crippen molar-refractivity contribution in [3.05, 3.63) is 29.1 Å². The molecule has 0 aliphatic rings. The molecule has 84 valence electrons. The summed E-state index contributed by atoms with van der Waals surface area (Å²) in [5, 5.41) is 1.81. The molecule has 0 spiro atoms. The van der Waals surface area contributed by atoms with Gasteiger partial charge in [0.2, 0.25) is 0 Å². The van der Waals surface area contributed by atoms with Gasteiger partial charge in [-0.25, -0.2) is 14.6 Å². The molecule has 0 aromatic carbocycles. The predicted octanol–water partition coefficient (Wildman–Crippen LogP) is -0.612. The lowest BCUT2D eigenvalue weighted by Gasteiger charge is -2.02. The van der Waals surface area contributed by atoms with E-state index < -0.39 is 11.9 Å². The Morgan fingerprint density at radius 1 is 1.19 bits per heavy atom. The highest BCUT2D eigenvalue weighted by atomic mass is 16.5. The molecule has 0 bridgehead atoms. The van der Waals surface area contributed by atoms with Crippen molar-refractivity contribution in [2.45, 2.75) is 0 Å². The van der Waals surface area contributed by atoms with Crippen molar-refractivity contribution in [1.29, 1.82) is 0 Å². The molecule has 7 heteroatoms. The molecule has 0 saturated heterocycles. The summed E-state index contributed by atoms with van der Waals surface area (Å²) in [7, 11) is 2.36. The molecule has 0 fully saturated rings. The molecule has 0 aliphatic carbocycles. The number of ether oxygens (including phenoxy) is 2. The summed E-state index contributed by atoms with van der Waals surface area (Å²) in [6.07, 6.45) is 0. The summed E-state index contributed by atoms with van der Waals surface area (Å²) in [5.41, 5.74) is 8.63. The number of carbonyl (C=O) groups excluding carboxylic acids is 2. The fourth-order valence-electron chi connectivity index (χ4n) is 1.01. The minimum absolute atomic E-state index is 0.109. The second kappa shape index (κ2) is 4.96. The summed E-state index contributed by atoms with van der Waals surface area (Å²) in [6.45, 7) is 0. The van der Waals surface area contributed by atoms with E-state index in [-0.39, 0.29) is 17.1 Å². The van der Waals surface area contributed by atoms with Crippen LogP contribution in [0.25, 0.3) is 5.53 Å². The number of aromatic nitrogens is 1. The van der Waals surface area contributed by atoms with Crippen LogP contribution in [0.2, 0.25) is 0 Å². The molecule has 1 heterocycles. The lowest BCUT2D eigenvalue weighted by atomic mass is 10.2. The van der Waals surface area contributed by atoms with Crippen LogP contribution in [-0.4, -0.2) is 31.1 Å². The number of hydrogen-bond donors (Lipinski definition) is 1. The normalized spacial score (nSPS) is 9.38. The third kappa shape index (κ3) is 2.38. The van der Waals surface area contributed by atoms with Gasteiger partial charge in [-0.05, 0) is 0 Å². The van der Waals surface area contributed by atoms with Gasteiger partial charge in [-0.2, -0.15) is 0 Å². The Hall–Kier alpha value is -2.31. The Morgan fingerprint density at radius 3 is 1.94 bits per heavy atom. The van der Waals surface area contributed by atoms with Gasteiger partial charge < -0.3 is 15.0 Å². The number of esters is 2.